The summed E-state index contributed by atoms with van der Waals surface area (Å²) in [6.07, 6.45) is 4.22. The van der Waals surface area contributed by atoms with Gasteiger partial charge in [0, 0.05) is 72.1 Å². The Hall–Kier alpha value is -11.1. The zero-order valence-corrected chi connectivity index (χ0v) is 59.1. The second-order valence-corrected chi connectivity index (χ2v) is 31.5. The number of aromatic amines is 2. The molecule has 0 fully saturated rings. The van der Waals surface area contributed by atoms with Crippen LogP contribution in [0, 0.1) is 53.4 Å². The first-order valence-corrected chi connectivity index (χ1v) is 34.7. The third-order valence-electron chi connectivity index (χ3n) is 21.4. The van der Waals surface area contributed by atoms with Gasteiger partial charge in [-0.1, -0.05) is 182 Å². The highest BCUT2D eigenvalue weighted by atomic mass is 16.4. The zero-order chi connectivity index (χ0) is 68.8. The van der Waals surface area contributed by atoms with Crippen molar-refractivity contribution in [2.24, 2.45) is 0 Å². The normalized spacial score (nSPS) is 12.8. The lowest BCUT2D eigenvalue weighted by Crippen LogP contribution is -2.17. The minimum absolute atomic E-state index is 0.0121. The molecule has 0 aliphatic carbocycles. The number of hydrogen-bond donors (Lipinski definition) is 3. The van der Waals surface area contributed by atoms with Crippen LogP contribution in [0.5, 0.6) is 0 Å². The van der Waals surface area contributed by atoms with Crippen molar-refractivity contribution < 1.29 is 9.90 Å². The number of fused-ring (bicyclic) bond motifs is 11. The number of nitrogens with zero attached hydrogens (tertiary/aromatic N) is 3. The van der Waals surface area contributed by atoms with E-state index in [4.69, 9.17) is 9.97 Å². The van der Waals surface area contributed by atoms with Crippen molar-refractivity contribution in [3.8, 4) is 45.2 Å². The molecule has 6 heterocycles. The van der Waals surface area contributed by atoms with Gasteiger partial charge in [-0.3, -0.25) is 0 Å². The number of carbonyl (C=O) groups is 1. The monoisotopic (exact) mass is 1290 g/mol. The van der Waals surface area contributed by atoms with E-state index in [0.717, 1.165) is 105 Å². The van der Waals surface area contributed by atoms with Crippen LogP contribution in [0.4, 0.5) is 0 Å². The summed E-state index contributed by atoms with van der Waals surface area (Å²) in [5.74, 6) is 6.00. The second kappa shape index (κ2) is 21.7. The fourth-order valence-corrected chi connectivity index (χ4v) is 16.7. The molecule has 11 aromatic carbocycles. The molecule has 16 aromatic rings. The van der Waals surface area contributed by atoms with Gasteiger partial charge in [-0.2, -0.15) is 0 Å². The fourth-order valence-electron chi connectivity index (χ4n) is 16.7. The van der Waals surface area contributed by atoms with Gasteiger partial charge in [-0.05, 0) is 236 Å². The van der Waals surface area contributed by atoms with Crippen LogP contribution in [-0.2, 0) is 22.8 Å². The van der Waals surface area contributed by atoms with Crippen molar-refractivity contribution in [3.05, 3.63) is 248 Å². The summed E-state index contributed by atoms with van der Waals surface area (Å²) < 4.78 is 2.67. The van der Waals surface area contributed by atoms with E-state index >= 15 is 0 Å². The Kier molecular flexibility index (Phi) is 13.5. The molecule has 1 aliphatic heterocycles. The van der Waals surface area contributed by atoms with Crippen molar-refractivity contribution in [2.75, 3.05) is 0 Å². The number of H-pyrrole nitrogens is 2. The standard InChI is InChI=1S/C92H79N5O2/c1-48-37-50(3)78(51(4)38-48)84-72-33-31-69(93-72)65(28-21-54-19-22-57(23-20-54)89(98)99)70-32-34-74(94-70)85(79-52(5)39-49(2)40-53(79)6)75-44-67-64-30-29-63-61-17-16-18-62-66(56-24-26-58(27-25-56)90(7,8)9)45-76-86(80(61)62)87-77(97(76)47-55-41-59(91(10,11)12)43-60(42-55)92(13,14)15)46-68(81(64)83(63)87)82(88(67)96-75)71-35-36-73(84)95-71/h16-20,22-27,29-46,94-95H,47H2,1-15H3,(H,98,99). The van der Waals surface area contributed by atoms with Crippen molar-refractivity contribution in [1.82, 2.24) is 24.5 Å². The van der Waals surface area contributed by atoms with E-state index < -0.39 is 5.97 Å². The van der Waals surface area contributed by atoms with E-state index in [0.29, 0.717) is 23.4 Å². The number of aryl methyl sites for hydroxylation is 6. The van der Waals surface area contributed by atoms with Crippen LogP contribution in [0.3, 0.4) is 0 Å². The summed E-state index contributed by atoms with van der Waals surface area (Å²) in [4.78, 5) is 31.8. The highest BCUT2D eigenvalue weighted by Crippen LogP contribution is 2.54. The second-order valence-electron chi connectivity index (χ2n) is 31.5. The maximum atomic E-state index is 12.0. The maximum absolute atomic E-state index is 12.0. The van der Waals surface area contributed by atoms with E-state index in [9.17, 15) is 9.90 Å². The smallest absolute Gasteiger partial charge is 0.335 e. The van der Waals surface area contributed by atoms with Crippen LogP contribution in [0.15, 0.2) is 164 Å². The Morgan fingerprint density at radius 2 is 0.980 bits per heavy atom. The molecule has 17 rings (SSSR count). The largest absolute Gasteiger partial charge is 0.478 e. The Morgan fingerprint density at radius 3 is 1.62 bits per heavy atom. The van der Waals surface area contributed by atoms with Crippen LogP contribution >= 0.6 is 0 Å². The molecular weight excluding hydrogens is 1210 g/mol. The quantitative estimate of drug-likeness (QED) is 0.0877. The number of aromatic nitrogens is 5. The molecule has 99 heavy (non-hydrogen) atoms. The summed E-state index contributed by atoms with van der Waals surface area (Å²) in [5, 5.41) is 24.4. The van der Waals surface area contributed by atoms with Gasteiger partial charge in [0.25, 0.3) is 0 Å². The summed E-state index contributed by atoms with van der Waals surface area (Å²) in [6, 6.07) is 60.7. The Labute approximate surface area is 577 Å². The van der Waals surface area contributed by atoms with Crippen LogP contribution in [0.2, 0.25) is 0 Å². The number of carboxylic acids is 1. The highest BCUT2D eigenvalue weighted by Gasteiger charge is 2.30. The van der Waals surface area contributed by atoms with Crippen LogP contribution in [-0.4, -0.2) is 35.6 Å². The summed E-state index contributed by atoms with van der Waals surface area (Å²) in [7, 11) is 0. The number of benzene rings is 11. The number of hydrogen-bond acceptors (Lipinski definition) is 3. The average Bonchev–Trinajstić information content (AvgIpc) is 1.56. The van der Waals surface area contributed by atoms with Gasteiger partial charge in [-0.25, -0.2) is 14.8 Å². The number of rotatable bonds is 6. The molecule has 8 bridgehead atoms. The predicted octanol–water partition coefficient (Wildman–Crippen LogP) is 23.8. The summed E-state index contributed by atoms with van der Waals surface area (Å²) >= 11 is 0. The molecule has 0 atom stereocenters. The molecule has 3 N–H and O–H groups in total. The van der Waals surface area contributed by atoms with Crippen molar-refractivity contribution >= 4 is 127 Å². The maximum Gasteiger partial charge on any atom is 0.335 e. The van der Waals surface area contributed by atoms with E-state index in [2.05, 4.69) is 282 Å². The third-order valence-corrected chi connectivity index (χ3v) is 21.4. The molecule has 484 valence electrons. The molecule has 0 saturated carbocycles. The molecule has 0 amide bonds. The summed E-state index contributed by atoms with van der Waals surface area (Å²) in [5.41, 5.74) is 29.7. The highest BCUT2D eigenvalue weighted by molar-refractivity contribution is 6.47. The van der Waals surface area contributed by atoms with Crippen LogP contribution in [0.1, 0.15) is 151 Å². The Balaban J connectivity index is 1.07. The molecule has 0 unspecified atom stereocenters. The summed E-state index contributed by atoms with van der Waals surface area (Å²) in [6.45, 7) is 34.8. The van der Waals surface area contributed by atoms with Crippen molar-refractivity contribution in [3.63, 3.8) is 0 Å². The molecule has 7 heteroatoms. The van der Waals surface area contributed by atoms with Crippen LogP contribution in [0.25, 0.3) is 154 Å². The lowest BCUT2D eigenvalue weighted by Gasteiger charge is -2.26. The molecule has 1 aliphatic rings. The van der Waals surface area contributed by atoms with Gasteiger partial charge >= 0.3 is 5.97 Å². The topological polar surface area (TPSA) is 99.6 Å². The average molecular weight is 1290 g/mol. The molecule has 0 saturated heterocycles. The SMILES string of the molecule is Cc1cc(C)c(-c2c3nc(c(C#Cc4ccc(C(=O)O)cc4)c4ccc([nH]4)c(-c4c(C)cc(C)cc4C)c4cc5c6ccc7c8cccc9c(-c%10ccc(C(C)(C)C)cc%10)cc%10c(c98)c8c7c6c(cc8n%10Cc6cc(C(C)(C)C)cc(C(C)(C)C)c6)c(c6ccc2[nH]6)c5n4)C=C3)c(C)c1. The molecule has 0 spiro atoms. The third kappa shape index (κ3) is 9.72. The lowest BCUT2D eigenvalue weighted by molar-refractivity contribution is 0.0696. The first kappa shape index (κ1) is 61.5. The van der Waals surface area contributed by atoms with E-state index in [1.807, 2.05) is 0 Å². The van der Waals surface area contributed by atoms with Gasteiger partial charge in [0.1, 0.15) is 0 Å². The van der Waals surface area contributed by atoms with Crippen molar-refractivity contribution in [1.29, 1.82) is 0 Å². The Morgan fingerprint density at radius 1 is 0.444 bits per heavy atom. The number of carboxylic acid groups (broad SMARTS) is 1. The first-order valence-electron chi connectivity index (χ1n) is 34.7. The van der Waals surface area contributed by atoms with Gasteiger partial charge in [0.15, 0.2) is 0 Å². The van der Waals surface area contributed by atoms with E-state index in [-0.39, 0.29) is 21.8 Å². The lowest BCUT2D eigenvalue weighted by atomic mass is 9.79. The van der Waals surface area contributed by atoms with E-state index in [1.54, 1.807) is 24.3 Å². The first-order chi connectivity index (χ1) is 47.2. The molecule has 5 aromatic heterocycles. The van der Waals surface area contributed by atoms with Gasteiger partial charge < -0.3 is 19.6 Å². The van der Waals surface area contributed by atoms with Gasteiger partial charge in [0.05, 0.1) is 50.1 Å². The van der Waals surface area contributed by atoms with E-state index in [1.165, 1.54) is 98.6 Å². The molecule has 7 nitrogen and oxygen atoms in total. The minimum Gasteiger partial charge on any atom is -0.478 e. The molecule has 0 radical (unpaired) electrons. The Bertz CT molecular complexity index is 6310. The van der Waals surface area contributed by atoms with Crippen molar-refractivity contribution in [2.45, 2.75) is 127 Å². The fraction of sp³-hybridized carbons (Fsp3) is 0.207. The zero-order valence-electron chi connectivity index (χ0n) is 59.1. The van der Waals surface area contributed by atoms with Crippen LogP contribution < -0.4 is 0 Å². The van der Waals surface area contributed by atoms with Gasteiger partial charge in [-0.15, -0.1) is 0 Å². The van der Waals surface area contributed by atoms with Gasteiger partial charge in [0.2, 0.25) is 0 Å². The predicted molar refractivity (Wildman–Crippen MR) is 418 cm³/mol. The number of nitrogens with one attached hydrogen (secondary N) is 2. The number of aromatic carboxylic acids is 1. The molecular formula is C92H79N5O2. The minimum atomic E-state index is -0.982.